The number of aryl methyl sites for hydroxylation is 1. The number of carbonyl (C=O) groups excluding carboxylic acids is 2. The molecule has 1 heterocycles. The Bertz CT molecular complexity index is 600. The molecule has 0 radical (unpaired) electrons. The van der Waals surface area contributed by atoms with E-state index < -0.39 is 6.04 Å². The van der Waals surface area contributed by atoms with Crippen molar-refractivity contribution in [3.8, 4) is 0 Å². The van der Waals surface area contributed by atoms with Crippen molar-refractivity contribution in [2.24, 2.45) is 0 Å². The Balaban J connectivity index is 2.10. The predicted octanol–water partition coefficient (Wildman–Crippen LogP) is 2.27. The monoisotopic (exact) mass is 304 g/mol. The van der Waals surface area contributed by atoms with Gasteiger partial charge in [0, 0.05) is 25.7 Å². The Kier molecular flexibility index (Phi) is 4.96. The maximum absolute atomic E-state index is 13.8. The number of hydrogen-bond donors (Lipinski definition) is 0. The SMILES string of the molecule is C=CC(=O)N1CCCC1C(=O)N(C)Cc1cc(C)ccc1F. The number of carbonyl (C=O) groups is 2. The molecule has 118 valence electrons. The first kappa shape index (κ1) is 16.2. The van der Waals surface area contributed by atoms with Gasteiger partial charge < -0.3 is 9.80 Å². The first-order valence-corrected chi connectivity index (χ1v) is 7.37. The van der Waals surface area contributed by atoms with Gasteiger partial charge in [0.05, 0.1) is 0 Å². The molecule has 0 aliphatic carbocycles. The van der Waals surface area contributed by atoms with Gasteiger partial charge in [-0.3, -0.25) is 9.59 Å². The average molecular weight is 304 g/mol. The van der Waals surface area contributed by atoms with E-state index in [2.05, 4.69) is 6.58 Å². The van der Waals surface area contributed by atoms with Crippen molar-refractivity contribution in [2.45, 2.75) is 32.4 Å². The minimum atomic E-state index is -0.469. The molecule has 2 amide bonds. The lowest BCUT2D eigenvalue weighted by molar-refractivity contribution is -0.141. The van der Waals surface area contributed by atoms with Crippen molar-refractivity contribution in [1.29, 1.82) is 0 Å². The summed E-state index contributed by atoms with van der Waals surface area (Å²) in [4.78, 5) is 27.4. The van der Waals surface area contributed by atoms with E-state index in [0.717, 1.165) is 12.0 Å². The summed E-state index contributed by atoms with van der Waals surface area (Å²) < 4.78 is 13.8. The van der Waals surface area contributed by atoms with Gasteiger partial charge >= 0.3 is 0 Å². The minimum Gasteiger partial charge on any atom is -0.340 e. The lowest BCUT2D eigenvalue weighted by Gasteiger charge is -2.27. The third-order valence-corrected chi connectivity index (χ3v) is 3.98. The molecule has 5 heteroatoms. The lowest BCUT2D eigenvalue weighted by atomic mass is 10.1. The highest BCUT2D eigenvalue weighted by molar-refractivity contribution is 5.93. The summed E-state index contributed by atoms with van der Waals surface area (Å²) in [6.07, 6.45) is 2.66. The standard InChI is InChI=1S/C17H21FN2O2/c1-4-16(21)20-9-5-6-15(20)17(22)19(3)11-13-10-12(2)7-8-14(13)18/h4,7-8,10,15H,1,5-6,9,11H2,2-3H3. The molecule has 1 unspecified atom stereocenters. The van der Waals surface area contributed by atoms with Crippen molar-refractivity contribution < 1.29 is 14.0 Å². The van der Waals surface area contributed by atoms with Crippen LogP contribution < -0.4 is 0 Å². The molecule has 0 saturated carbocycles. The number of likely N-dealkylation sites (tertiary alicyclic amines) is 1. The number of hydrogen-bond acceptors (Lipinski definition) is 2. The molecular weight excluding hydrogens is 283 g/mol. The fraction of sp³-hybridized carbons (Fsp3) is 0.412. The molecule has 1 aliphatic heterocycles. The Morgan fingerprint density at radius 2 is 2.23 bits per heavy atom. The van der Waals surface area contributed by atoms with Crippen LogP contribution in [0.15, 0.2) is 30.9 Å². The second kappa shape index (κ2) is 6.73. The Labute approximate surface area is 130 Å². The summed E-state index contributed by atoms with van der Waals surface area (Å²) in [5, 5.41) is 0. The van der Waals surface area contributed by atoms with Crippen LogP contribution in [0.1, 0.15) is 24.0 Å². The van der Waals surface area contributed by atoms with Gasteiger partial charge in [0.2, 0.25) is 11.8 Å². The fourth-order valence-electron chi connectivity index (χ4n) is 2.82. The molecule has 1 aromatic carbocycles. The van der Waals surface area contributed by atoms with Gasteiger partial charge in [0.1, 0.15) is 11.9 Å². The van der Waals surface area contributed by atoms with Gasteiger partial charge in [-0.15, -0.1) is 0 Å². The van der Waals surface area contributed by atoms with E-state index >= 15 is 0 Å². The van der Waals surface area contributed by atoms with Gasteiger partial charge in [-0.25, -0.2) is 4.39 Å². The fourth-order valence-corrected chi connectivity index (χ4v) is 2.82. The van der Waals surface area contributed by atoms with Crippen LogP contribution in [-0.2, 0) is 16.1 Å². The Hall–Kier alpha value is -2.17. The van der Waals surface area contributed by atoms with Gasteiger partial charge in [0.25, 0.3) is 0 Å². The van der Waals surface area contributed by atoms with E-state index in [1.54, 1.807) is 24.1 Å². The Morgan fingerprint density at radius 3 is 2.91 bits per heavy atom. The predicted molar refractivity (Wildman–Crippen MR) is 82.5 cm³/mol. The lowest BCUT2D eigenvalue weighted by Crippen LogP contribution is -2.45. The molecule has 1 aromatic rings. The van der Waals surface area contributed by atoms with E-state index in [4.69, 9.17) is 0 Å². The van der Waals surface area contributed by atoms with E-state index in [-0.39, 0.29) is 24.2 Å². The van der Waals surface area contributed by atoms with Crippen LogP contribution in [0.4, 0.5) is 4.39 Å². The molecule has 0 spiro atoms. The topological polar surface area (TPSA) is 40.6 Å². The number of halogens is 1. The normalized spacial score (nSPS) is 17.4. The summed E-state index contributed by atoms with van der Waals surface area (Å²) in [5.41, 5.74) is 1.43. The van der Waals surface area contributed by atoms with Crippen molar-refractivity contribution in [3.05, 3.63) is 47.8 Å². The third-order valence-electron chi connectivity index (χ3n) is 3.98. The molecule has 2 rings (SSSR count). The van der Waals surface area contributed by atoms with Crippen LogP contribution in [0.5, 0.6) is 0 Å². The summed E-state index contributed by atoms with van der Waals surface area (Å²) >= 11 is 0. The highest BCUT2D eigenvalue weighted by Crippen LogP contribution is 2.21. The van der Waals surface area contributed by atoms with E-state index in [0.29, 0.717) is 18.5 Å². The van der Waals surface area contributed by atoms with Gasteiger partial charge in [-0.05, 0) is 31.9 Å². The van der Waals surface area contributed by atoms with E-state index in [9.17, 15) is 14.0 Å². The summed E-state index contributed by atoms with van der Waals surface area (Å²) in [7, 11) is 1.64. The van der Waals surface area contributed by atoms with Crippen molar-refractivity contribution >= 4 is 11.8 Å². The van der Waals surface area contributed by atoms with Crippen LogP contribution in [0.3, 0.4) is 0 Å². The van der Waals surface area contributed by atoms with Crippen LogP contribution in [-0.4, -0.2) is 41.2 Å². The first-order valence-electron chi connectivity index (χ1n) is 7.37. The molecule has 4 nitrogen and oxygen atoms in total. The first-order chi connectivity index (χ1) is 10.4. The summed E-state index contributed by atoms with van der Waals surface area (Å²) in [6, 6.07) is 4.37. The smallest absolute Gasteiger partial charge is 0.246 e. The zero-order valence-electron chi connectivity index (χ0n) is 13.0. The number of amides is 2. The Morgan fingerprint density at radius 1 is 1.50 bits per heavy atom. The zero-order valence-corrected chi connectivity index (χ0v) is 13.0. The highest BCUT2D eigenvalue weighted by Gasteiger charge is 2.34. The van der Waals surface area contributed by atoms with Crippen LogP contribution in [0, 0.1) is 12.7 Å². The molecule has 0 N–H and O–H groups in total. The van der Waals surface area contributed by atoms with Crippen molar-refractivity contribution in [1.82, 2.24) is 9.80 Å². The second-order valence-electron chi connectivity index (χ2n) is 5.68. The molecule has 22 heavy (non-hydrogen) atoms. The van der Waals surface area contributed by atoms with Crippen LogP contribution in [0.25, 0.3) is 0 Å². The summed E-state index contributed by atoms with van der Waals surface area (Å²) in [5.74, 6) is -0.713. The molecule has 1 atom stereocenters. The van der Waals surface area contributed by atoms with Crippen LogP contribution in [0.2, 0.25) is 0 Å². The second-order valence-corrected chi connectivity index (χ2v) is 5.68. The molecule has 1 saturated heterocycles. The van der Waals surface area contributed by atoms with Gasteiger partial charge in [-0.2, -0.15) is 0 Å². The van der Waals surface area contributed by atoms with Gasteiger partial charge in [0.15, 0.2) is 0 Å². The average Bonchev–Trinajstić information content (AvgIpc) is 2.98. The van der Waals surface area contributed by atoms with Crippen LogP contribution >= 0.6 is 0 Å². The summed E-state index contributed by atoms with van der Waals surface area (Å²) in [6.45, 7) is 6.11. The number of likely N-dealkylation sites (N-methyl/N-ethyl adjacent to an activating group) is 1. The minimum absolute atomic E-state index is 0.159. The zero-order chi connectivity index (χ0) is 16.3. The third kappa shape index (κ3) is 3.35. The number of nitrogens with zero attached hydrogens (tertiary/aromatic N) is 2. The largest absolute Gasteiger partial charge is 0.340 e. The molecule has 0 aromatic heterocycles. The van der Waals surface area contributed by atoms with Crippen molar-refractivity contribution in [2.75, 3.05) is 13.6 Å². The molecule has 0 bridgehead atoms. The molecule has 1 fully saturated rings. The molecular formula is C17H21FN2O2. The quantitative estimate of drug-likeness (QED) is 0.801. The molecule has 1 aliphatic rings. The van der Waals surface area contributed by atoms with Crippen molar-refractivity contribution in [3.63, 3.8) is 0 Å². The number of benzene rings is 1. The van der Waals surface area contributed by atoms with Gasteiger partial charge in [-0.1, -0.05) is 24.3 Å². The number of rotatable bonds is 4. The maximum Gasteiger partial charge on any atom is 0.246 e. The maximum atomic E-state index is 13.8. The highest BCUT2D eigenvalue weighted by atomic mass is 19.1. The van der Waals surface area contributed by atoms with E-state index in [1.807, 2.05) is 6.92 Å². The van der Waals surface area contributed by atoms with E-state index in [1.165, 1.54) is 17.0 Å².